The zero-order chi connectivity index (χ0) is 16.6. The average molecular weight is 346 g/mol. The van der Waals surface area contributed by atoms with Gasteiger partial charge in [-0.15, -0.1) is 11.3 Å². The number of hydrogen-bond donors (Lipinski definition) is 0. The molecule has 0 saturated heterocycles. The number of carbonyl (C=O) groups excluding carboxylic acids is 1. The molecule has 1 heterocycles. The lowest BCUT2D eigenvalue weighted by Crippen LogP contribution is -2.42. The topological polar surface area (TPSA) is 67.2 Å². The average Bonchev–Trinajstić information content (AvgIpc) is 2.54. The third kappa shape index (κ3) is 2.35. The van der Waals surface area contributed by atoms with Crippen LogP contribution in [0.2, 0.25) is 0 Å². The predicted molar refractivity (Wildman–Crippen MR) is 90.5 cm³/mol. The lowest BCUT2D eigenvalue weighted by molar-refractivity contribution is -0.147. The standard InChI is InChI=1S/C17H12ClNO3S/c1-2-22-16(21)17(9-19)8-10(18)7-13-14(17)15(20)11-5-3-4-6-12(11)23-13/h3-7H,2,8H2,1H3. The SMILES string of the molecule is CCOC(=O)C1(C#N)CC(Cl)=Cc2sc3ccccc3c(=O)c21. The Bertz CT molecular complexity index is 941. The Balaban J connectivity index is 2.41. The summed E-state index contributed by atoms with van der Waals surface area (Å²) in [7, 11) is 0. The highest BCUT2D eigenvalue weighted by Crippen LogP contribution is 2.42. The fraction of sp³-hybridized carbons (Fsp3) is 0.235. The second kappa shape index (κ2) is 5.80. The first kappa shape index (κ1) is 15.7. The summed E-state index contributed by atoms with van der Waals surface area (Å²) >= 11 is 7.50. The molecule has 0 aliphatic heterocycles. The largest absolute Gasteiger partial charge is 0.465 e. The van der Waals surface area contributed by atoms with Gasteiger partial charge in [-0.2, -0.15) is 5.26 Å². The van der Waals surface area contributed by atoms with Gasteiger partial charge in [-0.1, -0.05) is 23.7 Å². The van der Waals surface area contributed by atoms with Crippen molar-refractivity contribution in [1.82, 2.24) is 0 Å². The van der Waals surface area contributed by atoms with Crippen LogP contribution < -0.4 is 5.43 Å². The van der Waals surface area contributed by atoms with E-state index in [1.165, 1.54) is 11.3 Å². The van der Waals surface area contributed by atoms with Crippen molar-refractivity contribution in [3.05, 3.63) is 50.0 Å². The van der Waals surface area contributed by atoms with Crippen molar-refractivity contribution in [2.45, 2.75) is 18.8 Å². The lowest BCUT2D eigenvalue weighted by Gasteiger charge is -2.28. The molecule has 3 rings (SSSR count). The molecule has 1 aliphatic carbocycles. The highest BCUT2D eigenvalue weighted by atomic mass is 35.5. The molecule has 1 atom stereocenters. The summed E-state index contributed by atoms with van der Waals surface area (Å²) in [5.41, 5.74) is -1.83. The van der Waals surface area contributed by atoms with Gasteiger partial charge in [0.2, 0.25) is 0 Å². The van der Waals surface area contributed by atoms with Gasteiger partial charge < -0.3 is 4.74 Å². The molecule has 1 aliphatic rings. The molecular weight excluding hydrogens is 334 g/mol. The van der Waals surface area contributed by atoms with Crippen LogP contribution in [0.15, 0.2) is 34.1 Å². The molecule has 0 bridgehead atoms. The van der Waals surface area contributed by atoms with Crippen LogP contribution in [0.5, 0.6) is 0 Å². The lowest BCUT2D eigenvalue weighted by atomic mass is 9.75. The second-order valence-electron chi connectivity index (χ2n) is 5.17. The molecule has 116 valence electrons. The third-order valence-corrected chi connectivity index (χ3v) is 5.15. The van der Waals surface area contributed by atoms with E-state index in [4.69, 9.17) is 16.3 Å². The Morgan fingerprint density at radius 3 is 2.91 bits per heavy atom. The normalized spacial score (nSPS) is 19.6. The molecule has 1 aromatic heterocycles. The summed E-state index contributed by atoms with van der Waals surface area (Å²) in [4.78, 5) is 26.0. The van der Waals surface area contributed by atoms with Crippen LogP contribution in [-0.4, -0.2) is 12.6 Å². The summed E-state index contributed by atoms with van der Waals surface area (Å²) < 4.78 is 5.85. The van der Waals surface area contributed by atoms with Crippen LogP contribution >= 0.6 is 22.9 Å². The molecule has 1 aromatic carbocycles. The Kier molecular flexibility index (Phi) is 3.97. The smallest absolute Gasteiger partial charge is 0.331 e. The van der Waals surface area contributed by atoms with Crippen molar-refractivity contribution >= 4 is 45.1 Å². The minimum absolute atomic E-state index is 0.0445. The number of rotatable bonds is 2. The van der Waals surface area contributed by atoms with Crippen LogP contribution in [0.25, 0.3) is 16.2 Å². The summed E-state index contributed by atoms with van der Waals surface area (Å²) in [6.45, 7) is 1.79. The summed E-state index contributed by atoms with van der Waals surface area (Å²) in [6.07, 6.45) is 1.61. The summed E-state index contributed by atoms with van der Waals surface area (Å²) in [5, 5.41) is 10.6. The van der Waals surface area contributed by atoms with E-state index in [0.29, 0.717) is 15.3 Å². The van der Waals surface area contributed by atoms with Crippen LogP contribution in [0.3, 0.4) is 0 Å². The molecule has 0 fully saturated rings. The van der Waals surface area contributed by atoms with Gasteiger partial charge >= 0.3 is 5.97 Å². The van der Waals surface area contributed by atoms with Gasteiger partial charge in [0.25, 0.3) is 0 Å². The number of allylic oxidation sites excluding steroid dienone is 1. The Labute approximate surface area is 141 Å². The Hall–Kier alpha value is -2.16. The molecule has 4 nitrogen and oxygen atoms in total. The number of esters is 1. The number of nitriles is 1. The molecular formula is C17H12ClNO3S. The van der Waals surface area contributed by atoms with Gasteiger partial charge in [0.05, 0.1) is 12.7 Å². The number of fused-ring (bicyclic) bond motifs is 2. The molecule has 0 amide bonds. The molecule has 0 N–H and O–H groups in total. The van der Waals surface area contributed by atoms with Crippen LogP contribution in [0.4, 0.5) is 0 Å². The van der Waals surface area contributed by atoms with E-state index >= 15 is 0 Å². The van der Waals surface area contributed by atoms with Gasteiger partial charge in [0.1, 0.15) is 0 Å². The minimum atomic E-state index is -1.69. The van der Waals surface area contributed by atoms with Gasteiger partial charge in [0, 0.05) is 32.0 Å². The van der Waals surface area contributed by atoms with E-state index in [0.717, 1.165) is 4.70 Å². The van der Waals surface area contributed by atoms with E-state index in [9.17, 15) is 14.9 Å². The summed E-state index contributed by atoms with van der Waals surface area (Å²) in [6, 6.07) is 9.12. The fourth-order valence-electron chi connectivity index (χ4n) is 2.77. The fourth-order valence-corrected chi connectivity index (χ4v) is 4.37. The van der Waals surface area contributed by atoms with Gasteiger partial charge in [0.15, 0.2) is 10.8 Å². The van der Waals surface area contributed by atoms with Crippen LogP contribution in [-0.2, 0) is 14.9 Å². The molecule has 0 saturated carbocycles. The Morgan fingerprint density at radius 1 is 1.48 bits per heavy atom. The van der Waals surface area contributed by atoms with Crippen LogP contribution in [0, 0.1) is 11.3 Å². The minimum Gasteiger partial charge on any atom is -0.465 e. The third-order valence-electron chi connectivity index (χ3n) is 3.79. The zero-order valence-electron chi connectivity index (χ0n) is 12.3. The summed E-state index contributed by atoms with van der Waals surface area (Å²) in [5.74, 6) is -0.727. The maximum absolute atomic E-state index is 12.9. The number of nitrogens with zero attached hydrogens (tertiary/aromatic N) is 1. The number of halogens is 1. The number of hydrogen-bond acceptors (Lipinski definition) is 5. The molecule has 0 spiro atoms. The van der Waals surface area contributed by atoms with Crippen molar-refractivity contribution < 1.29 is 9.53 Å². The van der Waals surface area contributed by atoms with Crippen molar-refractivity contribution in [2.75, 3.05) is 6.61 Å². The van der Waals surface area contributed by atoms with Crippen molar-refractivity contribution in [1.29, 1.82) is 5.26 Å². The number of carbonyl (C=O) groups is 1. The molecule has 0 radical (unpaired) electrons. The zero-order valence-corrected chi connectivity index (χ0v) is 13.8. The predicted octanol–water partition coefficient (Wildman–Crippen LogP) is 3.57. The monoisotopic (exact) mass is 345 g/mol. The molecule has 2 aromatic rings. The first-order valence-corrected chi connectivity index (χ1v) is 8.24. The van der Waals surface area contributed by atoms with E-state index < -0.39 is 11.4 Å². The van der Waals surface area contributed by atoms with E-state index in [1.807, 2.05) is 18.2 Å². The van der Waals surface area contributed by atoms with Crippen LogP contribution in [0.1, 0.15) is 23.8 Å². The molecule has 6 heteroatoms. The highest BCUT2D eigenvalue weighted by Gasteiger charge is 2.48. The maximum Gasteiger partial charge on any atom is 0.331 e. The van der Waals surface area contributed by atoms with Crippen molar-refractivity contribution in [3.63, 3.8) is 0 Å². The number of benzene rings is 1. The van der Waals surface area contributed by atoms with Gasteiger partial charge in [-0.05, 0) is 25.1 Å². The van der Waals surface area contributed by atoms with E-state index in [2.05, 4.69) is 0 Å². The van der Waals surface area contributed by atoms with Gasteiger partial charge in [-0.25, -0.2) is 4.79 Å². The molecule has 23 heavy (non-hydrogen) atoms. The molecule has 1 unspecified atom stereocenters. The van der Waals surface area contributed by atoms with E-state index in [1.54, 1.807) is 25.1 Å². The van der Waals surface area contributed by atoms with Crippen molar-refractivity contribution in [3.8, 4) is 6.07 Å². The number of ether oxygens (including phenoxy) is 1. The van der Waals surface area contributed by atoms with E-state index in [-0.39, 0.29) is 24.0 Å². The highest BCUT2D eigenvalue weighted by molar-refractivity contribution is 7.19. The van der Waals surface area contributed by atoms with Gasteiger partial charge in [-0.3, -0.25) is 4.79 Å². The Morgan fingerprint density at radius 2 is 2.22 bits per heavy atom. The first-order valence-electron chi connectivity index (χ1n) is 7.04. The first-order chi connectivity index (χ1) is 11.0. The second-order valence-corrected chi connectivity index (χ2v) is 6.74. The quantitative estimate of drug-likeness (QED) is 0.780. The van der Waals surface area contributed by atoms with Crippen molar-refractivity contribution in [2.24, 2.45) is 0 Å². The maximum atomic E-state index is 12.9.